The molecule has 3 heteroatoms. The Labute approximate surface area is 54.0 Å². The number of carbonyl (C=O) groups is 2. The maximum Gasteiger partial charge on any atom is 0.155 e. The number of rotatable bonds is 4. The molecule has 0 rings (SSSR count). The first kappa shape index (κ1) is 8.30. The molecular formula is C6H10O3. The third-order valence-corrected chi connectivity index (χ3v) is 0.741. The van der Waals surface area contributed by atoms with E-state index < -0.39 is 6.10 Å². The van der Waals surface area contributed by atoms with E-state index in [1.165, 1.54) is 6.92 Å². The maximum absolute atomic E-state index is 10.2. The van der Waals surface area contributed by atoms with Crippen molar-refractivity contribution in [2.75, 3.05) is 6.61 Å². The number of ether oxygens (including phenoxy) is 1. The van der Waals surface area contributed by atoms with Crippen molar-refractivity contribution in [3.05, 3.63) is 0 Å². The lowest BCUT2D eigenvalue weighted by atomic mass is 10.4. The predicted octanol–water partition coefficient (Wildman–Crippen LogP) is 0.179. The summed E-state index contributed by atoms with van der Waals surface area (Å²) in [6.45, 7) is 3.04. The van der Waals surface area contributed by atoms with Gasteiger partial charge in [0, 0.05) is 0 Å². The van der Waals surface area contributed by atoms with Crippen LogP contribution in [0.2, 0.25) is 0 Å². The molecular weight excluding hydrogens is 120 g/mol. The average Bonchev–Trinajstić information content (AvgIpc) is 1.83. The Balaban J connectivity index is 3.26. The van der Waals surface area contributed by atoms with Gasteiger partial charge in [0.1, 0.15) is 19.0 Å². The second-order valence-corrected chi connectivity index (χ2v) is 1.85. The lowest BCUT2D eigenvalue weighted by Gasteiger charge is -2.01. The number of carbonyl (C=O) groups excluding carboxylic acids is 2. The second-order valence-electron chi connectivity index (χ2n) is 1.85. The maximum atomic E-state index is 10.2. The van der Waals surface area contributed by atoms with Gasteiger partial charge in [-0.1, -0.05) is 0 Å². The molecule has 0 aromatic carbocycles. The van der Waals surface area contributed by atoms with E-state index in [0.29, 0.717) is 6.29 Å². The van der Waals surface area contributed by atoms with Crippen molar-refractivity contribution in [3.8, 4) is 0 Å². The number of Topliss-reactive ketones (excluding diaryl/α,β-unsaturated/α-hetero) is 1. The van der Waals surface area contributed by atoms with Crippen LogP contribution in [0.1, 0.15) is 13.8 Å². The van der Waals surface area contributed by atoms with Crippen molar-refractivity contribution in [1.29, 1.82) is 0 Å². The van der Waals surface area contributed by atoms with E-state index in [-0.39, 0.29) is 12.4 Å². The fourth-order valence-corrected chi connectivity index (χ4v) is 0.288. The molecule has 0 fully saturated rings. The molecule has 0 spiro atoms. The summed E-state index contributed by atoms with van der Waals surface area (Å²) in [5.74, 6) is -0.0660. The minimum absolute atomic E-state index is 0.0277. The topological polar surface area (TPSA) is 43.4 Å². The minimum Gasteiger partial charge on any atom is -0.363 e. The fraction of sp³-hybridized carbons (Fsp3) is 0.667. The van der Waals surface area contributed by atoms with E-state index in [1.807, 2.05) is 0 Å². The number of ketones is 1. The van der Waals surface area contributed by atoms with Crippen LogP contribution in [0.25, 0.3) is 0 Å². The van der Waals surface area contributed by atoms with Crippen LogP contribution in [-0.2, 0) is 14.3 Å². The highest BCUT2D eigenvalue weighted by Gasteiger charge is 1.99. The molecule has 3 nitrogen and oxygen atoms in total. The molecule has 0 aromatic heterocycles. The van der Waals surface area contributed by atoms with Gasteiger partial charge in [-0.15, -0.1) is 0 Å². The van der Waals surface area contributed by atoms with Crippen molar-refractivity contribution in [2.24, 2.45) is 0 Å². The van der Waals surface area contributed by atoms with Gasteiger partial charge in [-0.2, -0.15) is 0 Å². The molecule has 0 aliphatic carbocycles. The molecule has 0 aliphatic rings. The summed E-state index contributed by atoms with van der Waals surface area (Å²) in [4.78, 5) is 20.1. The van der Waals surface area contributed by atoms with E-state index in [0.717, 1.165) is 0 Å². The highest BCUT2D eigenvalue weighted by Crippen LogP contribution is 1.84. The molecule has 1 unspecified atom stereocenters. The summed E-state index contributed by atoms with van der Waals surface area (Å²) in [7, 11) is 0. The van der Waals surface area contributed by atoms with E-state index in [4.69, 9.17) is 4.74 Å². The van der Waals surface area contributed by atoms with Gasteiger partial charge in [0.25, 0.3) is 0 Å². The first-order valence-corrected chi connectivity index (χ1v) is 2.73. The monoisotopic (exact) mass is 130 g/mol. The first-order chi connectivity index (χ1) is 4.16. The zero-order chi connectivity index (χ0) is 7.28. The Kier molecular flexibility index (Phi) is 3.88. The average molecular weight is 130 g/mol. The molecule has 0 amide bonds. The van der Waals surface area contributed by atoms with Crippen molar-refractivity contribution in [3.63, 3.8) is 0 Å². The Hall–Kier alpha value is -0.700. The zero-order valence-electron chi connectivity index (χ0n) is 5.59. The summed E-state index contributed by atoms with van der Waals surface area (Å²) in [6.07, 6.45) is 0.192. The summed E-state index contributed by atoms with van der Waals surface area (Å²) >= 11 is 0. The lowest BCUT2D eigenvalue weighted by Crippen LogP contribution is -2.14. The predicted molar refractivity (Wildman–Crippen MR) is 32.2 cm³/mol. The van der Waals surface area contributed by atoms with Crippen LogP contribution >= 0.6 is 0 Å². The highest BCUT2D eigenvalue weighted by atomic mass is 16.5. The molecule has 0 bridgehead atoms. The summed E-state index contributed by atoms with van der Waals surface area (Å²) in [5.41, 5.74) is 0. The molecule has 0 saturated heterocycles. The van der Waals surface area contributed by atoms with Gasteiger partial charge in [-0.25, -0.2) is 0 Å². The van der Waals surface area contributed by atoms with E-state index in [9.17, 15) is 9.59 Å². The van der Waals surface area contributed by atoms with Crippen LogP contribution in [-0.4, -0.2) is 24.8 Å². The molecule has 0 N–H and O–H groups in total. The standard InChI is InChI=1S/C6H10O3/c1-5(8)4-9-6(2)3-7/h3,6H,4H2,1-2H3. The largest absolute Gasteiger partial charge is 0.363 e. The quantitative estimate of drug-likeness (QED) is 0.510. The molecule has 0 saturated carbocycles. The van der Waals surface area contributed by atoms with Crippen LogP contribution in [0.3, 0.4) is 0 Å². The van der Waals surface area contributed by atoms with Gasteiger partial charge in [-0.3, -0.25) is 4.79 Å². The van der Waals surface area contributed by atoms with Gasteiger partial charge in [0.05, 0.1) is 0 Å². The van der Waals surface area contributed by atoms with E-state index in [2.05, 4.69) is 0 Å². The van der Waals surface area contributed by atoms with Gasteiger partial charge in [0.2, 0.25) is 0 Å². The first-order valence-electron chi connectivity index (χ1n) is 2.73. The SMILES string of the molecule is CC(=O)COC(C)C=O. The van der Waals surface area contributed by atoms with Crippen LogP contribution in [0.4, 0.5) is 0 Å². The normalized spacial score (nSPS) is 12.7. The van der Waals surface area contributed by atoms with E-state index >= 15 is 0 Å². The summed E-state index contributed by atoms with van der Waals surface area (Å²) < 4.78 is 4.73. The van der Waals surface area contributed by atoms with E-state index in [1.54, 1.807) is 6.92 Å². The van der Waals surface area contributed by atoms with Crippen molar-refractivity contribution in [1.82, 2.24) is 0 Å². The molecule has 52 valence electrons. The second kappa shape index (κ2) is 4.21. The van der Waals surface area contributed by atoms with Crippen LogP contribution in [0.5, 0.6) is 0 Å². The molecule has 0 heterocycles. The van der Waals surface area contributed by atoms with Gasteiger partial charge in [-0.05, 0) is 13.8 Å². The third kappa shape index (κ3) is 5.17. The number of hydrogen-bond donors (Lipinski definition) is 0. The number of aldehydes is 1. The van der Waals surface area contributed by atoms with Crippen molar-refractivity contribution < 1.29 is 14.3 Å². The summed E-state index contributed by atoms with van der Waals surface area (Å²) in [5, 5.41) is 0. The highest BCUT2D eigenvalue weighted by molar-refractivity contribution is 5.76. The smallest absolute Gasteiger partial charge is 0.155 e. The summed E-state index contributed by atoms with van der Waals surface area (Å²) in [6, 6.07) is 0. The lowest BCUT2D eigenvalue weighted by molar-refractivity contribution is -0.126. The molecule has 0 radical (unpaired) electrons. The zero-order valence-corrected chi connectivity index (χ0v) is 5.59. The molecule has 0 aromatic rings. The molecule has 0 aliphatic heterocycles. The van der Waals surface area contributed by atoms with Crippen LogP contribution < -0.4 is 0 Å². The fourth-order valence-electron chi connectivity index (χ4n) is 0.288. The minimum atomic E-state index is -0.464. The number of hydrogen-bond acceptors (Lipinski definition) is 3. The molecule has 1 atom stereocenters. The van der Waals surface area contributed by atoms with Gasteiger partial charge < -0.3 is 9.53 Å². The van der Waals surface area contributed by atoms with Crippen molar-refractivity contribution >= 4 is 12.1 Å². The third-order valence-electron chi connectivity index (χ3n) is 0.741. The van der Waals surface area contributed by atoms with Crippen LogP contribution in [0, 0.1) is 0 Å². The Morgan fingerprint density at radius 3 is 2.67 bits per heavy atom. The van der Waals surface area contributed by atoms with Crippen LogP contribution in [0.15, 0.2) is 0 Å². The van der Waals surface area contributed by atoms with Gasteiger partial charge >= 0.3 is 0 Å². The Morgan fingerprint density at radius 2 is 2.33 bits per heavy atom. The molecule has 9 heavy (non-hydrogen) atoms. The van der Waals surface area contributed by atoms with Gasteiger partial charge in [0.15, 0.2) is 5.78 Å². The van der Waals surface area contributed by atoms with Crippen molar-refractivity contribution in [2.45, 2.75) is 20.0 Å². The Bertz CT molecular complexity index is 109. The Morgan fingerprint density at radius 1 is 1.78 bits per heavy atom.